The van der Waals surface area contributed by atoms with Crippen molar-refractivity contribution in [3.05, 3.63) is 64.2 Å². The lowest BCUT2D eigenvalue weighted by Crippen LogP contribution is -2.50. The monoisotopic (exact) mass is 419 g/mol. The molecule has 0 atom stereocenters. The van der Waals surface area contributed by atoms with Crippen LogP contribution in [0, 0.1) is 10.1 Å². The number of nitro groups is 1. The van der Waals surface area contributed by atoms with Gasteiger partial charge in [0.05, 0.1) is 18.5 Å². The van der Waals surface area contributed by atoms with Crippen molar-refractivity contribution in [3.8, 4) is 5.75 Å². The Labute approximate surface area is 168 Å². The summed E-state index contributed by atoms with van der Waals surface area (Å²) in [5.74, 6) is 0.496. The third-order valence-corrected chi connectivity index (χ3v) is 6.75. The number of carbonyl (C=O) groups excluding carboxylic acids is 1. The average molecular weight is 419 g/mol. The zero-order chi connectivity index (χ0) is 21.0. The number of sulfonamides is 1. The highest BCUT2D eigenvalue weighted by Gasteiger charge is 2.34. The van der Waals surface area contributed by atoms with Crippen LogP contribution in [-0.4, -0.2) is 61.7 Å². The standard InChI is InChI=1S/C19H21N3O6S/c1-28-17-8-4-2-6-15(17)14-19(23)20-10-12-21(13-11-20)29(26,27)18-9-5-3-7-16(18)22(24)25/h2-9H,10-14H2,1H3. The van der Waals surface area contributed by atoms with Crippen LogP contribution < -0.4 is 4.74 Å². The van der Waals surface area contributed by atoms with Gasteiger partial charge in [-0.25, -0.2) is 8.42 Å². The fourth-order valence-corrected chi connectivity index (χ4v) is 4.85. The molecule has 0 radical (unpaired) electrons. The minimum atomic E-state index is -4.02. The van der Waals surface area contributed by atoms with E-state index in [2.05, 4.69) is 0 Å². The molecule has 0 N–H and O–H groups in total. The Balaban J connectivity index is 1.69. The van der Waals surface area contributed by atoms with Crippen molar-refractivity contribution in [1.29, 1.82) is 0 Å². The summed E-state index contributed by atoms with van der Waals surface area (Å²) in [6.45, 7) is 0.583. The van der Waals surface area contributed by atoms with Gasteiger partial charge in [-0.1, -0.05) is 30.3 Å². The highest BCUT2D eigenvalue weighted by molar-refractivity contribution is 7.89. The van der Waals surface area contributed by atoms with Crippen molar-refractivity contribution >= 4 is 21.6 Å². The molecule has 3 rings (SSSR count). The number of hydrogen-bond donors (Lipinski definition) is 0. The quantitative estimate of drug-likeness (QED) is 0.520. The number of nitro benzene ring substituents is 1. The molecule has 1 aliphatic heterocycles. The van der Waals surface area contributed by atoms with E-state index >= 15 is 0 Å². The molecule has 1 saturated heterocycles. The third-order valence-electron chi connectivity index (χ3n) is 4.81. The Hall–Kier alpha value is -2.98. The molecule has 0 aliphatic carbocycles. The number of ether oxygens (including phenoxy) is 1. The van der Waals surface area contributed by atoms with Crippen molar-refractivity contribution in [2.45, 2.75) is 11.3 Å². The first-order chi connectivity index (χ1) is 13.8. The predicted molar refractivity (Wildman–Crippen MR) is 105 cm³/mol. The molecule has 10 heteroatoms. The maximum absolute atomic E-state index is 12.9. The summed E-state index contributed by atoms with van der Waals surface area (Å²) < 4.78 is 32.2. The molecule has 2 aromatic rings. The van der Waals surface area contributed by atoms with Gasteiger partial charge in [0.2, 0.25) is 15.9 Å². The Bertz CT molecular complexity index is 1020. The zero-order valence-corrected chi connectivity index (χ0v) is 16.7. The van der Waals surface area contributed by atoms with E-state index in [0.717, 1.165) is 5.56 Å². The van der Waals surface area contributed by atoms with Crippen LogP contribution in [0.15, 0.2) is 53.4 Å². The van der Waals surface area contributed by atoms with Gasteiger partial charge in [0.25, 0.3) is 5.69 Å². The van der Waals surface area contributed by atoms with E-state index in [4.69, 9.17) is 4.74 Å². The first kappa shape index (κ1) is 20.7. The fraction of sp³-hybridized carbons (Fsp3) is 0.316. The molecule has 0 bridgehead atoms. The second-order valence-corrected chi connectivity index (χ2v) is 8.40. The largest absolute Gasteiger partial charge is 0.496 e. The molecule has 0 unspecified atom stereocenters. The number of amides is 1. The molecule has 2 aromatic carbocycles. The van der Waals surface area contributed by atoms with Crippen molar-refractivity contribution in [2.75, 3.05) is 33.3 Å². The second-order valence-electron chi connectivity index (χ2n) is 6.50. The minimum absolute atomic E-state index is 0.0754. The van der Waals surface area contributed by atoms with Crippen molar-refractivity contribution in [3.63, 3.8) is 0 Å². The Morgan fingerprint density at radius 1 is 1.07 bits per heavy atom. The number of benzene rings is 2. The van der Waals surface area contributed by atoms with E-state index in [1.807, 2.05) is 18.2 Å². The molecule has 9 nitrogen and oxygen atoms in total. The molecule has 0 aromatic heterocycles. The van der Waals surface area contributed by atoms with Gasteiger partial charge in [-0.3, -0.25) is 14.9 Å². The topological polar surface area (TPSA) is 110 Å². The lowest BCUT2D eigenvalue weighted by atomic mass is 10.1. The van der Waals surface area contributed by atoms with Crippen molar-refractivity contribution in [1.82, 2.24) is 9.21 Å². The molecule has 0 spiro atoms. The maximum atomic E-state index is 12.9. The molecule has 0 saturated carbocycles. The molecule has 1 amide bonds. The van der Waals surface area contributed by atoms with Gasteiger partial charge in [-0.2, -0.15) is 4.31 Å². The lowest BCUT2D eigenvalue weighted by Gasteiger charge is -2.34. The molecule has 1 heterocycles. The van der Waals surface area contributed by atoms with Crippen LogP contribution in [-0.2, 0) is 21.2 Å². The van der Waals surface area contributed by atoms with Gasteiger partial charge < -0.3 is 9.64 Å². The van der Waals surface area contributed by atoms with Crippen LogP contribution in [0.2, 0.25) is 0 Å². The number of piperazine rings is 1. The summed E-state index contributed by atoms with van der Waals surface area (Å²) in [6.07, 6.45) is 0.154. The molecular weight excluding hydrogens is 398 g/mol. The van der Waals surface area contributed by atoms with E-state index in [-0.39, 0.29) is 43.4 Å². The number of para-hydroxylation sites is 2. The SMILES string of the molecule is COc1ccccc1CC(=O)N1CCN(S(=O)(=O)c2ccccc2[N+](=O)[O-])CC1. The van der Waals surface area contributed by atoms with E-state index in [1.54, 1.807) is 11.0 Å². The number of methoxy groups -OCH3 is 1. The highest BCUT2D eigenvalue weighted by Crippen LogP contribution is 2.27. The van der Waals surface area contributed by atoms with Crippen LogP contribution in [0.4, 0.5) is 5.69 Å². The van der Waals surface area contributed by atoms with Crippen LogP contribution in [0.5, 0.6) is 5.75 Å². The van der Waals surface area contributed by atoms with E-state index in [1.165, 1.54) is 35.7 Å². The molecule has 1 fully saturated rings. The summed E-state index contributed by atoms with van der Waals surface area (Å²) in [4.78, 5) is 24.3. The van der Waals surface area contributed by atoms with Crippen LogP contribution >= 0.6 is 0 Å². The van der Waals surface area contributed by atoms with Crippen LogP contribution in [0.3, 0.4) is 0 Å². The van der Waals surface area contributed by atoms with Crippen LogP contribution in [0.1, 0.15) is 5.56 Å². The van der Waals surface area contributed by atoms with Crippen molar-refractivity contribution < 1.29 is 22.9 Å². The van der Waals surface area contributed by atoms with Gasteiger partial charge in [0, 0.05) is 37.8 Å². The first-order valence-corrected chi connectivity index (χ1v) is 10.4. The summed E-state index contributed by atoms with van der Waals surface area (Å²) in [6, 6.07) is 12.5. The van der Waals surface area contributed by atoms with Gasteiger partial charge in [0.1, 0.15) is 5.75 Å². The second kappa shape index (κ2) is 8.58. The zero-order valence-electron chi connectivity index (χ0n) is 15.9. The van der Waals surface area contributed by atoms with Crippen molar-refractivity contribution in [2.24, 2.45) is 0 Å². The van der Waals surface area contributed by atoms with Gasteiger partial charge in [0.15, 0.2) is 4.90 Å². The predicted octanol–water partition coefficient (Wildman–Crippen LogP) is 1.68. The first-order valence-electron chi connectivity index (χ1n) is 8.98. The van der Waals surface area contributed by atoms with Gasteiger partial charge >= 0.3 is 0 Å². The fourth-order valence-electron chi connectivity index (χ4n) is 3.27. The average Bonchev–Trinajstić information content (AvgIpc) is 2.74. The minimum Gasteiger partial charge on any atom is -0.496 e. The molecular formula is C19H21N3O6S. The third kappa shape index (κ3) is 4.38. The molecule has 29 heavy (non-hydrogen) atoms. The summed E-state index contributed by atoms with van der Waals surface area (Å²) in [5.41, 5.74) is 0.303. The summed E-state index contributed by atoms with van der Waals surface area (Å²) >= 11 is 0. The van der Waals surface area contributed by atoms with Gasteiger partial charge in [-0.15, -0.1) is 0 Å². The number of hydrogen-bond acceptors (Lipinski definition) is 6. The highest BCUT2D eigenvalue weighted by atomic mass is 32.2. The maximum Gasteiger partial charge on any atom is 0.289 e. The normalized spacial score (nSPS) is 15.1. The van der Waals surface area contributed by atoms with E-state index in [9.17, 15) is 23.3 Å². The number of nitrogens with zero attached hydrogens (tertiary/aromatic N) is 3. The summed E-state index contributed by atoms with van der Waals surface area (Å²) in [5, 5.41) is 11.2. The van der Waals surface area contributed by atoms with Crippen LogP contribution in [0.25, 0.3) is 0 Å². The smallest absolute Gasteiger partial charge is 0.289 e. The Morgan fingerprint density at radius 2 is 1.69 bits per heavy atom. The number of rotatable bonds is 6. The number of carbonyl (C=O) groups is 1. The van der Waals surface area contributed by atoms with E-state index < -0.39 is 20.6 Å². The Morgan fingerprint density at radius 3 is 2.34 bits per heavy atom. The lowest BCUT2D eigenvalue weighted by molar-refractivity contribution is -0.387. The van der Waals surface area contributed by atoms with Gasteiger partial charge in [-0.05, 0) is 12.1 Å². The molecule has 1 aliphatic rings. The van der Waals surface area contributed by atoms with E-state index in [0.29, 0.717) is 5.75 Å². The molecule has 154 valence electrons. The Kier molecular flexibility index (Phi) is 6.14. The summed E-state index contributed by atoms with van der Waals surface area (Å²) in [7, 11) is -2.49.